The molecule has 0 spiro atoms. The summed E-state index contributed by atoms with van der Waals surface area (Å²) in [4.78, 5) is 23.4. The van der Waals surface area contributed by atoms with Gasteiger partial charge in [0.25, 0.3) is 0 Å². The zero-order valence-corrected chi connectivity index (χ0v) is 11.4. The minimum atomic E-state index is -1.55. The minimum absolute atomic E-state index is 0.0941. The second-order valence-corrected chi connectivity index (χ2v) is 4.95. The Morgan fingerprint density at radius 1 is 1.32 bits per heavy atom. The summed E-state index contributed by atoms with van der Waals surface area (Å²) in [5.74, 6) is -1.93. The second-order valence-electron chi connectivity index (χ2n) is 4.95. The lowest BCUT2D eigenvalue weighted by atomic mass is 9.77. The van der Waals surface area contributed by atoms with Crippen LogP contribution in [0.2, 0.25) is 0 Å². The third-order valence-electron chi connectivity index (χ3n) is 3.49. The van der Waals surface area contributed by atoms with Gasteiger partial charge in [-0.1, -0.05) is 44.2 Å². The van der Waals surface area contributed by atoms with E-state index in [0.717, 1.165) is 5.56 Å². The number of hydrogen-bond donors (Lipinski definition) is 2. The molecule has 2 atom stereocenters. The van der Waals surface area contributed by atoms with Crippen LogP contribution in [0, 0.1) is 5.92 Å². The number of nitrogens with two attached hydrogens (primary N) is 1. The lowest BCUT2D eigenvalue weighted by Gasteiger charge is -2.30. The Bertz CT molecular complexity index is 444. The highest BCUT2D eigenvalue weighted by molar-refractivity contribution is 5.91. The highest BCUT2D eigenvalue weighted by Crippen LogP contribution is 2.23. The lowest BCUT2D eigenvalue weighted by molar-refractivity contribution is -0.148. The first-order chi connectivity index (χ1) is 8.91. The van der Waals surface area contributed by atoms with Gasteiger partial charge < -0.3 is 10.8 Å². The fourth-order valence-corrected chi connectivity index (χ4v) is 2.10. The van der Waals surface area contributed by atoms with E-state index < -0.39 is 17.4 Å². The van der Waals surface area contributed by atoms with Gasteiger partial charge in [0.1, 0.15) is 11.3 Å². The van der Waals surface area contributed by atoms with Gasteiger partial charge in [0, 0.05) is 18.8 Å². The molecule has 0 aliphatic heterocycles. The van der Waals surface area contributed by atoms with Crippen molar-refractivity contribution < 1.29 is 14.7 Å². The zero-order valence-electron chi connectivity index (χ0n) is 11.4. The molecule has 4 nitrogen and oxygen atoms in total. The van der Waals surface area contributed by atoms with Crippen molar-refractivity contribution in [1.29, 1.82) is 0 Å². The molecule has 0 aromatic heterocycles. The minimum Gasteiger partial charge on any atom is -0.480 e. The first-order valence-corrected chi connectivity index (χ1v) is 6.50. The highest BCUT2D eigenvalue weighted by Gasteiger charge is 2.42. The molecule has 1 aromatic rings. The maximum atomic E-state index is 11.9. The zero-order chi connectivity index (χ0) is 14.5. The number of carbonyl (C=O) groups is 2. The highest BCUT2D eigenvalue weighted by atomic mass is 16.4. The van der Waals surface area contributed by atoms with E-state index in [2.05, 4.69) is 0 Å². The van der Waals surface area contributed by atoms with Crippen molar-refractivity contribution >= 4 is 11.8 Å². The van der Waals surface area contributed by atoms with Gasteiger partial charge in [-0.15, -0.1) is 0 Å². The van der Waals surface area contributed by atoms with Crippen LogP contribution in [-0.2, 0) is 16.0 Å². The number of hydrogen-bond acceptors (Lipinski definition) is 3. The summed E-state index contributed by atoms with van der Waals surface area (Å²) in [5, 5.41) is 9.40. The fourth-order valence-electron chi connectivity index (χ4n) is 2.10. The fraction of sp³-hybridized carbons (Fsp3) is 0.467. The van der Waals surface area contributed by atoms with Crippen molar-refractivity contribution in [3.8, 4) is 0 Å². The van der Waals surface area contributed by atoms with Crippen molar-refractivity contribution in [2.75, 3.05) is 0 Å². The van der Waals surface area contributed by atoms with Crippen molar-refractivity contribution in [2.45, 2.75) is 38.6 Å². The van der Waals surface area contributed by atoms with Gasteiger partial charge in [-0.3, -0.25) is 9.59 Å². The van der Waals surface area contributed by atoms with Crippen molar-refractivity contribution in [2.24, 2.45) is 11.7 Å². The molecule has 104 valence electrons. The first-order valence-electron chi connectivity index (χ1n) is 6.50. The van der Waals surface area contributed by atoms with E-state index in [1.807, 2.05) is 37.3 Å². The van der Waals surface area contributed by atoms with Crippen LogP contribution in [0.4, 0.5) is 0 Å². The van der Waals surface area contributed by atoms with Crippen LogP contribution in [0.25, 0.3) is 0 Å². The van der Waals surface area contributed by atoms with Gasteiger partial charge in [0.15, 0.2) is 0 Å². The predicted molar refractivity (Wildman–Crippen MR) is 73.8 cm³/mol. The lowest BCUT2D eigenvalue weighted by Crippen LogP contribution is -2.57. The molecule has 0 radical (unpaired) electrons. The summed E-state index contributed by atoms with van der Waals surface area (Å²) in [6, 6.07) is 9.16. The summed E-state index contributed by atoms with van der Waals surface area (Å²) in [6.45, 7) is 3.50. The Morgan fingerprint density at radius 2 is 1.89 bits per heavy atom. The number of Topliss-reactive ketones (excluding diaryl/α,β-unsaturated/α-hetero) is 1. The number of carbonyl (C=O) groups excluding carboxylic acids is 1. The van der Waals surface area contributed by atoms with Crippen LogP contribution < -0.4 is 5.73 Å². The molecule has 3 N–H and O–H groups in total. The molecule has 1 aromatic carbocycles. The van der Waals surface area contributed by atoms with Gasteiger partial charge in [0.05, 0.1) is 0 Å². The standard InChI is InChI=1S/C15H21NO3/c1-3-7-13(17)11(2)15(16,14(18)19)10-12-8-5-4-6-9-12/h4-6,8-9,11H,3,7,10,16H2,1-2H3,(H,18,19). The molecule has 0 bridgehead atoms. The van der Waals surface area contributed by atoms with Gasteiger partial charge in [-0.05, 0) is 12.0 Å². The van der Waals surface area contributed by atoms with Crippen LogP contribution in [0.15, 0.2) is 30.3 Å². The van der Waals surface area contributed by atoms with E-state index in [1.165, 1.54) is 0 Å². The smallest absolute Gasteiger partial charge is 0.324 e. The van der Waals surface area contributed by atoms with Gasteiger partial charge in [-0.25, -0.2) is 0 Å². The Balaban J connectivity index is 2.97. The summed E-state index contributed by atoms with van der Waals surface area (Å²) < 4.78 is 0. The van der Waals surface area contributed by atoms with Gasteiger partial charge in [-0.2, -0.15) is 0 Å². The summed E-state index contributed by atoms with van der Waals surface area (Å²) >= 11 is 0. The molecule has 0 saturated carbocycles. The van der Waals surface area contributed by atoms with E-state index in [9.17, 15) is 14.7 Å². The Labute approximate surface area is 113 Å². The summed E-state index contributed by atoms with van der Waals surface area (Å²) in [5.41, 5.74) is 5.30. The summed E-state index contributed by atoms with van der Waals surface area (Å²) in [7, 11) is 0. The van der Waals surface area contributed by atoms with Gasteiger partial charge in [0.2, 0.25) is 0 Å². The van der Waals surface area contributed by atoms with Crippen molar-refractivity contribution in [1.82, 2.24) is 0 Å². The summed E-state index contributed by atoms with van der Waals surface area (Å²) in [6.07, 6.45) is 1.21. The van der Waals surface area contributed by atoms with Gasteiger partial charge >= 0.3 is 5.97 Å². The van der Waals surface area contributed by atoms with E-state index in [4.69, 9.17) is 5.73 Å². The Morgan fingerprint density at radius 3 is 2.37 bits per heavy atom. The molecule has 0 saturated heterocycles. The molecule has 1 rings (SSSR count). The van der Waals surface area contributed by atoms with Crippen LogP contribution in [-0.4, -0.2) is 22.4 Å². The van der Waals surface area contributed by atoms with Crippen LogP contribution >= 0.6 is 0 Å². The Hall–Kier alpha value is -1.68. The van der Waals surface area contributed by atoms with E-state index in [0.29, 0.717) is 12.8 Å². The largest absolute Gasteiger partial charge is 0.480 e. The quantitative estimate of drug-likeness (QED) is 0.788. The number of ketones is 1. The molecule has 0 amide bonds. The SMILES string of the molecule is CCCC(=O)C(C)C(N)(Cc1ccccc1)C(=O)O. The number of benzene rings is 1. The Kier molecular flexibility index (Phi) is 5.24. The van der Waals surface area contributed by atoms with Crippen LogP contribution in [0.1, 0.15) is 32.3 Å². The second kappa shape index (κ2) is 6.48. The number of rotatable bonds is 7. The molecular formula is C15H21NO3. The topological polar surface area (TPSA) is 80.4 Å². The third-order valence-corrected chi connectivity index (χ3v) is 3.49. The molecule has 4 heteroatoms. The van der Waals surface area contributed by atoms with E-state index in [-0.39, 0.29) is 12.2 Å². The average Bonchev–Trinajstić information content (AvgIpc) is 2.39. The van der Waals surface area contributed by atoms with Crippen LogP contribution in [0.5, 0.6) is 0 Å². The van der Waals surface area contributed by atoms with E-state index in [1.54, 1.807) is 6.92 Å². The first kappa shape index (κ1) is 15.4. The normalized spacial score (nSPS) is 15.5. The molecule has 0 fully saturated rings. The van der Waals surface area contributed by atoms with Crippen molar-refractivity contribution in [3.63, 3.8) is 0 Å². The van der Waals surface area contributed by atoms with E-state index >= 15 is 0 Å². The number of carboxylic acids is 1. The third kappa shape index (κ3) is 3.64. The molecule has 0 aliphatic rings. The maximum Gasteiger partial charge on any atom is 0.324 e. The molecule has 2 unspecified atom stereocenters. The number of carboxylic acid groups (broad SMARTS) is 1. The monoisotopic (exact) mass is 263 g/mol. The molecule has 0 heterocycles. The molecular weight excluding hydrogens is 242 g/mol. The van der Waals surface area contributed by atoms with Crippen molar-refractivity contribution in [3.05, 3.63) is 35.9 Å². The van der Waals surface area contributed by atoms with Crippen LogP contribution in [0.3, 0.4) is 0 Å². The maximum absolute atomic E-state index is 11.9. The predicted octanol–water partition coefficient (Wildman–Crippen LogP) is 2.02. The average molecular weight is 263 g/mol. The molecule has 19 heavy (non-hydrogen) atoms. The molecule has 0 aliphatic carbocycles. The number of aliphatic carboxylic acids is 1.